The average molecular weight is 287 g/mol. The first-order valence-electron chi connectivity index (χ1n) is 7.16. The first kappa shape index (κ1) is 13.7. The Balaban J connectivity index is 1.83. The second kappa shape index (κ2) is 5.60. The van der Waals surface area contributed by atoms with Gasteiger partial charge < -0.3 is 13.7 Å². The van der Waals surface area contributed by atoms with Crippen LogP contribution in [0, 0.1) is 0 Å². The molecule has 5 heteroatoms. The maximum atomic E-state index is 12.3. The summed E-state index contributed by atoms with van der Waals surface area (Å²) in [6.07, 6.45) is 2.96. The second-order valence-electron chi connectivity index (χ2n) is 5.11. The van der Waals surface area contributed by atoms with E-state index in [2.05, 4.69) is 0 Å². The minimum Gasteiger partial charge on any atom is -0.465 e. The number of rotatable bonds is 5. The lowest BCUT2D eigenvalue weighted by Gasteiger charge is -2.08. The van der Waals surface area contributed by atoms with Crippen molar-refractivity contribution in [2.75, 3.05) is 6.61 Å². The summed E-state index contributed by atoms with van der Waals surface area (Å²) < 4.78 is 12.3. The molecule has 0 bridgehead atoms. The molecule has 1 unspecified atom stereocenters. The van der Waals surface area contributed by atoms with E-state index in [1.807, 2.05) is 17.6 Å². The van der Waals surface area contributed by atoms with Gasteiger partial charge in [0.05, 0.1) is 24.5 Å². The van der Waals surface area contributed by atoms with Crippen molar-refractivity contribution in [2.24, 2.45) is 0 Å². The van der Waals surface area contributed by atoms with Crippen molar-refractivity contribution in [1.82, 2.24) is 4.57 Å². The van der Waals surface area contributed by atoms with Gasteiger partial charge in [-0.3, -0.25) is 9.59 Å². The highest BCUT2D eigenvalue weighted by molar-refractivity contribution is 6.06. The number of nitrogens with zero attached hydrogens (tertiary/aromatic N) is 1. The van der Waals surface area contributed by atoms with Crippen LogP contribution >= 0.6 is 0 Å². The van der Waals surface area contributed by atoms with Gasteiger partial charge in [-0.2, -0.15) is 0 Å². The summed E-state index contributed by atoms with van der Waals surface area (Å²) in [5, 5.41) is 0. The smallest absolute Gasteiger partial charge is 0.315 e. The number of ether oxygens (including phenoxy) is 1. The second-order valence-corrected chi connectivity index (χ2v) is 5.11. The highest BCUT2D eigenvalue weighted by Crippen LogP contribution is 2.32. The summed E-state index contributed by atoms with van der Waals surface area (Å²) in [6.45, 7) is 3.05. The number of ketones is 1. The van der Waals surface area contributed by atoms with Gasteiger partial charge in [-0.15, -0.1) is 0 Å². The van der Waals surface area contributed by atoms with Crippen LogP contribution in [-0.2, 0) is 16.1 Å². The Kier molecular flexibility index (Phi) is 3.64. The summed E-state index contributed by atoms with van der Waals surface area (Å²) in [5.41, 5.74) is 1.41. The average Bonchev–Trinajstić information content (AvgIpc) is 3.19. The van der Waals surface area contributed by atoms with E-state index in [4.69, 9.17) is 9.15 Å². The van der Waals surface area contributed by atoms with Crippen molar-refractivity contribution in [3.05, 3.63) is 47.7 Å². The van der Waals surface area contributed by atoms with Gasteiger partial charge in [0.15, 0.2) is 5.76 Å². The van der Waals surface area contributed by atoms with Crippen LogP contribution in [0.15, 0.2) is 34.9 Å². The van der Waals surface area contributed by atoms with Gasteiger partial charge >= 0.3 is 5.97 Å². The number of fused-ring (bicyclic) bond motifs is 1. The first-order valence-corrected chi connectivity index (χ1v) is 7.16. The standard InChI is InChI=1S/C16H17NO4/c1-2-9-21-16(19)11-7-8-17-12(11)5-6-13(17)15(18)14-4-3-10-20-14/h3-6,10-11H,2,7-9H2,1H3. The molecule has 0 fully saturated rings. The quantitative estimate of drug-likeness (QED) is 0.626. The van der Waals surface area contributed by atoms with Crippen molar-refractivity contribution in [3.63, 3.8) is 0 Å². The zero-order valence-electron chi connectivity index (χ0n) is 11.9. The van der Waals surface area contributed by atoms with E-state index in [-0.39, 0.29) is 17.7 Å². The fraction of sp³-hybridized carbons (Fsp3) is 0.375. The summed E-state index contributed by atoms with van der Waals surface area (Å²) in [7, 11) is 0. The Bertz CT molecular complexity index is 654. The predicted molar refractivity (Wildman–Crippen MR) is 75.2 cm³/mol. The molecule has 1 aliphatic heterocycles. The Morgan fingerprint density at radius 1 is 1.38 bits per heavy atom. The van der Waals surface area contributed by atoms with E-state index in [0.717, 1.165) is 12.1 Å². The number of carbonyl (C=O) groups is 2. The highest BCUT2D eigenvalue weighted by Gasteiger charge is 2.33. The molecule has 3 rings (SSSR count). The van der Waals surface area contributed by atoms with Crippen LogP contribution in [0.5, 0.6) is 0 Å². The zero-order valence-corrected chi connectivity index (χ0v) is 11.9. The molecule has 1 aliphatic rings. The van der Waals surface area contributed by atoms with E-state index >= 15 is 0 Å². The number of hydrogen-bond acceptors (Lipinski definition) is 4. The molecular formula is C16H17NO4. The minimum absolute atomic E-state index is 0.158. The van der Waals surface area contributed by atoms with Crippen LogP contribution in [-0.4, -0.2) is 22.9 Å². The molecule has 0 amide bonds. The van der Waals surface area contributed by atoms with Crippen molar-refractivity contribution in [1.29, 1.82) is 0 Å². The molecule has 0 spiro atoms. The molecule has 0 saturated heterocycles. The molecule has 0 saturated carbocycles. The van der Waals surface area contributed by atoms with Gasteiger partial charge in [0.25, 0.3) is 0 Å². The van der Waals surface area contributed by atoms with E-state index in [0.29, 0.717) is 31.0 Å². The van der Waals surface area contributed by atoms with Gasteiger partial charge in [0.1, 0.15) is 0 Å². The molecule has 0 aliphatic carbocycles. The Labute approximate surface area is 122 Å². The van der Waals surface area contributed by atoms with E-state index < -0.39 is 0 Å². The normalized spacial score (nSPS) is 16.7. The summed E-state index contributed by atoms with van der Waals surface area (Å²) in [4.78, 5) is 24.4. The largest absolute Gasteiger partial charge is 0.465 e. The van der Waals surface area contributed by atoms with Crippen molar-refractivity contribution in [3.8, 4) is 0 Å². The zero-order chi connectivity index (χ0) is 14.8. The van der Waals surface area contributed by atoms with Gasteiger partial charge in [0, 0.05) is 12.2 Å². The molecule has 1 atom stereocenters. The molecular weight excluding hydrogens is 270 g/mol. The number of hydrogen-bond donors (Lipinski definition) is 0. The Hall–Kier alpha value is -2.30. The monoisotopic (exact) mass is 287 g/mol. The Morgan fingerprint density at radius 2 is 2.24 bits per heavy atom. The molecule has 2 aromatic heterocycles. The maximum absolute atomic E-state index is 12.3. The molecule has 110 valence electrons. The lowest BCUT2D eigenvalue weighted by atomic mass is 10.1. The summed E-state index contributed by atoms with van der Waals surface area (Å²) in [6, 6.07) is 6.91. The minimum atomic E-state index is -0.269. The number of aromatic nitrogens is 1. The maximum Gasteiger partial charge on any atom is 0.315 e. The molecule has 0 aromatic carbocycles. The SMILES string of the molecule is CCCOC(=O)C1CCn2c(C(=O)c3ccco3)ccc21. The molecule has 5 nitrogen and oxygen atoms in total. The van der Waals surface area contributed by atoms with Crippen LogP contribution in [0.4, 0.5) is 0 Å². The topological polar surface area (TPSA) is 61.4 Å². The van der Waals surface area contributed by atoms with Crippen LogP contribution in [0.1, 0.15) is 47.6 Å². The van der Waals surface area contributed by atoms with Crippen LogP contribution in [0.2, 0.25) is 0 Å². The van der Waals surface area contributed by atoms with Crippen molar-refractivity contribution < 1.29 is 18.7 Å². The summed E-state index contributed by atoms with van der Waals surface area (Å²) >= 11 is 0. The molecule has 2 aromatic rings. The van der Waals surface area contributed by atoms with Gasteiger partial charge in [0.2, 0.25) is 5.78 Å². The number of furan rings is 1. The fourth-order valence-electron chi connectivity index (χ4n) is 2.72. The van der Waals surface area contributed by atoms with Crippen molar-refractivity contribution in [2.45, 2.75) is 32.2 Å². The summed E-state index contributed by atoms with van der Waals surface area (Å²) in [5.74, 6) is -0.317. The van der Waals surface area contributed by atoms with E-state index in [9.17, 15) is 9.59 Å². The third-order valence-corrected chi connectivity index (χ3v) is 3.72. The third-order valence-electron chi connectivity index (χ3n) is 3.72. The van der Waals surface area contributed by atoms with E-state index in [1.54, 1.807) is 18.2 Å². The number of carbonyl (C=O) groups excluding carboxylic acids is 2. The molecule has 0 N–H and O–H groups in total. The molecule has 21 heavy (non-hydrogen) atoms. The van der Waals surface area contributed by atoms with Gasteiger partial charge in [-0.25, -0.2) is 0 Å². The van der Waals surface area contributed by atoms with Crippen molar-refractivity contribution >= 4 is 11.8 Å². The molecule has 3 heterocycles. The Morgan fingerprint density at radius 3 is 2.95 bits per heavy atom. The lowest BCUT2D eigenvalue weighted by molar-refractivity contribution is -0.145. The highest BCUT2D eigenvalue weighted by atomic mass is 16.5. The van der Waals surface area contributed by atoms with Gasteiger partial charge in [-0.1, -0.05) is 6.92 Å². The predicted octanol–water partition coefficient (Wildman–Crippen LogP) is 2.75. The molecule has 0 radical (unpaired) electrons. The third kappa shape index (κ3) is 2.39. The number of esters is 1. The van der Waals surface area contributed by atoms with Crippen LogP contribution in [0.3, 0.4) is 0 Å². The van der Waals surface area contributed by atoms with Gasteiger partial charge in [-0.05, 0) is 37.1 Å². The van der Waals surface area contributed by atoms with Crippen LogP contribution in [0.25, 0.3) is 0 Å². The fourth-order valence-corrected chi connectivity index (χ4v) is 2.72. The lowest BCUT2D eigenvalue weighted by Crippen LogP contribution is -2.14. The first-order chi connectivity index (χ1) is 10.2. The van der Waals surface area contributed by atoms with E-state index in [1.165, 1.54) is 6.26 Å². The van der Waals surface area contributed by atoms with Crippen LogP contribution < -0.4 is 0 Å².